The van der Waals surface area contributed by atoms with E-state index in [1.807, 2.05) is 49.4 Å². The SMILES string of the molecule is Cc1ccc(C(=O)Oc2ccc([C@H]3Oc4ccccc4[C@@H]4CC(c5ccc(C)cc5)=NN34)cc2)cc1. The van der Waals surface area contributed by atoms with E-state index in [2.05, 4.69) is 42.3 Å². The number of hydrazone groups is 1. The molecule has 2 heterocycles. The summed E-state index contributed by atoms with van der Waals surface area (Å²) >= 11 is 0. The van der Waals surface area contributed by atoms with Crippen LogP contribution in [0.4, 0.5) is 0 Å². The predicted octanol–water partition coefficient (Wildman–Crippen LogP) is 6.76. The quantitative estimate of drug-likeness (QED) is 0.242. The fourth-order valence-electron chi connectivity index (χ4n) is 4.73. The van der Waals surface area contributed by atoms with Gasteiger partial charge in [-0.05, 0) is 61.9 Å². The van der Waals surface area contributed by atoms with Gasteiger partial charge in [-0.1, -0.05) is 65.7 Å². The second-order valence-corrected chi connectivity index (χ2v) is 9.35. The molecule has 0 saturated heterocycles. The van der Waals surface area contributed by atoms with Crippen molar-refractivity contribution in [2.75, 3.05) is 0 Å². The number of ether oxygens (including phenoxy) is 2. The monoisotopic (exact) mass is 474 g/mol. The van der Waals surface area contributed by atoms with Crippen LogP contribution in [-0.4, -0.2) is 16.7 Å². The number of benzene rings is 4. The largest absolute Gasteiger partial charge is 0.464 e. The summed E-state index contributed by atoms with van der Waals surface area (Å²) in [6, 6.07) is 31.6. The number of hydrogen-bond donors (Lipinski definition) is 0. The smallest absolute Gasteiger partial charge is 0.343 e. The normalized spacial score (nSPS) is 18.1. The number of carbonyl (C=O) groups excluding carboxylic acids is 1. The average Bonchev–Trinajstić information content (AvgIpc) is 3.35. The summed E-state index contributed by atoms with van der Waals surface area (Å²) in [5, 5.41) is 7.08. The van der Waals surface area contributed by atoms with Crippen molar-refractivity contribution in [1.82, 2.24) is 5.01 Å². The molecule has 4 aromatic rings. The molecule has 5 heteroatoms. The first-order chi connectivity index (χ1) is 17.5. The van der Waals surface area contributed by atoms with Gasteiger partial charge in [0.25, 0.3) is 0 Å². The van der Waals surface area contributed by atoms with Crippen LogP contribution in [-0.2, 0) is 0 Å². The van der Waals surface area contributed by atoms with Gasteiger partial charge < -0.3 is 9.47 Å². The van der Waals surface area contributed by atoms with Crippen LogP contribution in [0.3, 0.4) is 0 Å². The number of fused-ring (bicyclic) bond motifs is 3. The number of para-hydroxylation sites is 1. The van der Waals surface area contributed by atoms with Crippen LogP contribution in [0.25, 0.3) is 0 Å². The van der Waals surface area contributed by atoms with Crippen molar-refractivity contribution >= 4 is 11.7 Å². The molecule has 36 heavy (non-hydrogen) atoms. The minimum Gasteiger partial charge on any atom is -0.464 e. The van der Waals surface area contributed by atoms with Crippen molar-refractivity contribution in [1.29, 1.82) is 0 Å². The maximum atomic E-state index is 12.5. The highest BCUT2D eigenvalue weighted by atomic mass is 16.5. The first-order valence-corrected chi connectivity index (χ1v) is 12.1. The third-order valence-electron chi connectivity index (χ3n) is 6.75. The van der Waals surface area contributed by atoms with Crippen LogP contribution in [0, 0.1) is 13.8 Å². The van der Waals surface area contributed by atoms with E-state index in [9.17, 15) is 4.79 Å². The van der Waals surface area contributed by atoms with Crippen molar-refractivity contribution in [3.05, 3.63) is 130 Å². The molecule has 178 valence electrons. The van der Waals surface area contributed by atoms with Crippen molar-refractivity contribution in [3.8, 4) is 11.5 Å². The van der Waals surface area contributed by atoms with Gasteiger partial charge >= 0.3 is 5.97 Å². The second-order valence-electron chi connectivity index (χ2n) is 9.35. The number of esters is 1. The van der Waals surface area contributed by atoms with E-state index >= 15 is 0 Å². The van der Waals surface area contributed by atoms with Crippen molar-refractivity contribution in [3.63, 3.8) is 0 Å². The molecule has 4 aromatic carbocycles. The lowest BCUT2D eigenvalue weighted by atomic mass is 9.95. The molecule has 2 aliphatic heterocycles. The van der Waals surface area contributed by atoms with E-state index in [0.29, 0.717) is 11.3 Å². The lowest BCUT2D eigenvalue weighted by Gasteiger charge is -2.38. The van der Waals surface area contributed by atoms with Crippen LogP contribution in [0.1, 0.15) is 56.9 Å². The number of nitrogens with zero attached hydrogens (tertiary/aromatic N) is 2. The molecule has 0 fully saturated rings. The lowest BCUT2D eigenvalue weighted by molar-refractivity contribution is -0.0190. The van der Waals surface area contributed by atoms with Crippen molar-refractivity contribution in [2.45, 2.75) is 32.5 Å². The highest BCUT2D eigenvalue weighted by molar-refractivity contribution is 6.02. The Morgan fingerprint density at radius 3 is 2.25 bits per heavy atom. The average molecular weight is 475 g/mol. The Balaban J connectivity index is 1.28. The third kappa shape index (κ3) is 4.13. The first-order valence-electron chi connectivity index (χ1n) is 12.1. The first kappa shape index (κ1) is 22.1. The van der Waals surface area contributed by atoms with Crippen LogP contribution < -0.4 is 9.47 Å². The maximum Gasteiger partial charge on any atom is 0.343 e. The number of rotatable bonds is 4. The van der Waals surface area contributed by atoms with E-state index in [4.69, 9.17) is 14.6 Å². The number of hydrogen-bond acceptors (Lipinski definition) is 5. The Kier molecular flexibility index (Phi) is 5.53. The molecule has 0 saturated carbocycles. The molecule has 0 unspecified atom stereocenters. The van der Waals surface area contributed by atoms with Gasteiger partial charge in [-0.15, -0.1) is 0 Å². The fraction of sp³-hybridized carbons (Fsp3) is 0.161. The topological polar surface area (TPSA) is 51.1 Å². The maximum absolute atomic E-state index is 12.5. The van der Waals surface area contributed by atoms with E-state index in [0.717, 1.165) is 40.1 Å². The zero-order valence-corrected chi connectivity index (χ0v) is 20.2. The van der Waals surface area contributed by atoms with Crippen molar-refractivity contribution < 1.29 is 14.3 Å². The Morgan fingerprint density at radius 1 is 0.861 bits per heavy atom. The van der Waals surface area contributed by atoms with Gasteiger partial charge in [0.2, 0.25) is 6.23 Å². The van der Waals surface area contributed by atoms with Gasteiger partial charge in [-0.2, -0.15) is 5.10 Å². The standard InChI is InChI=1S/C31H26N2O3/c1-20-7-11-22(12-8-20)27-19-28-26-5-3-4-6-29(26)36-30(33(28)32-27)23-15-17-25(18-16-23)35-31(34)24-13-9-21(2)10-14-24/h3-18,28,30H,19H2,1-2H3/t28-,30+/m0/s1. The third-order valence-corrected chi connectivity index (χ3v) is 6.75. The van der Waals surface area contributed by atoms with E-state index in [1.165, 1.54) is 5.56 Å². The zero-order chi connectivity index (χ0) is 24.6. The molecule has 2 aliphatic rings. The molecule has 0 bridgehead atoms. The summed E-state index contributed by atoms with van der Waals surface area (Å²) in [5.41, 5.74) is 7.11. The van der Waals surface area contributed by atoms with Gasteiger partial charge in [-0.3, -0.25) is 0 Å². The number of carbonyl (C=O) groups is 1. The summed E-state index contributed by atoms with van der Waals surface area (Å²) in [6.45, 7) is 4.07. The Morgan fingerprint density at radius 2 is 1.53 bits per heavy atom. The molecular formula is C31H26N2O3. The molecular weight excluding hydrogens is 448 g/mol. The molecule has 0 radical (unpaired) electrons. The minimum absolute atomic E-state index is 0.0929. The summed E-state index contributed by atoms with van der Waals surface area (Å²) in [5.74, 6) is 0.985. The molecule has 0 aromatic heterocycles. The Labute approximate surface area is 210 Å². The second kappa shape index (κ2) is 9.00. The number of aryl methyl sites for hydroxylation is 2. The summed E-state index contributed by atoms with van der Waals surface area (Å²) in [4.78, 5) is 12.5. The molecule has 2 atom stereocenters. The van der Waals surface area contributed by atoms with Gasteiger partial charge in [0, 0.05) is 17.5 Å². The molecule has 0 aliphatic carbocycles. The molecule has 0 amide bonds. The highest BCUT2D eigenvalue weighted by Gasteiger charge is 2.40. The van der Waals surface area contributed by atoms with Gasteiger partial charge in [-0.25, -0.2) is 9.80 Å². The molecule has 0 N–H and O–H groups in total. The van der Waals surface area contributed by atoms with Gasteiger partial charge in [0.15, 0.2) is 0 Å². The summed E-state index contributed by atoms with van der Waals surface area (Å²) in [6.07, 6.45) is 0.432. The summed E-state index contributed by atoms with van der Waals surface area (Å²) < 4.78 is 12.0. The van der Waals surface area contributed by atoms with Crippen LogP contribution >= 0.6 is 0 Å². The summed E-state index contributed by atoms with van der Waals surface area (Å²) in [7, 11) is 0. The van der Waals surface area contributed by atoms with Crippen LogP contribution in [0.5, 0.6) is 11.5 Å². The lowest BCUT2D eigenvalue weighted by Crippen LogP contribution is -2.33. The minimum atomic E-state index is -0.380. The van der Waals surface area contributed by atoms with E-state index in [-0.39, 0.29) is 18.2 Å². The van der Waals surface area contributed by atoms with Crippen LogP contribution in [0.15, 0.2) is 102 Å². The Bertz CT molecular complexity index is 1440. The molecule has 6 rings (SSSR count). The Hall–Kier alpha value is -4.38. The van der Waals surface area contributed by atoms with E-state index < -0.39 is 0 Å². The zero-order valence-electron chi connectivity index (χ0n) is 20.2. The van der Waals surface area contributed by atoms with E-state index in [1.54, 1.807) is 24.3 Å². The van der Waals surface area contributed by atoms with Crippen LogP contribution in [0.2, 0.25) is 0 Å². The van der Waals surface area contributed by atoms with Gasteiger partial charge in [0.1, 0.15) is 11.5 Å². The van der Waals surface area contributed by atoms with Crippen molar-refractivity contribution in [2.24, 2.45) is 5.10 Å². The van der Waals surface area contributed by atoms with Gasteiger partial charge in [0.05, 0.1) is 17.3 Å². The fourth-order valence-corrected chi connectivity index (χ4v) is 4.73. The molecule has 0 spiro atoms. The predicted molar refractivity (Wildman–Crippen MR) is 139 cm³/mol. The molecule has 5 nitrogen and oxygen atoms in total. The highest BCUT2D eigenvalue weighted by Crippen LogP contribution is 2.47.